The van der Waals surface area contributed by atoms with E-state index in [-0.39, 0.29) is 17.7 Å². The summed E-state index contributed by atoms with van der Waals surface area (Å²) in [6.45, 7) is 6.59. The van der Waals surface area contributed by atoms with Gasteiger partial charge in [-0.1, -0.05) is 24.8 Å². The number of benzene rings is 1. The molecule has 0 bridgehead atoms. The van der Waals surface area contributed by atoms with E-state index < -0.39 is 0 Å². The van der Waals surface area contributed by atoms with Crippen molar-refractivity contribution in [3.05, 3.63) is 48.7 Å². The number of nitrogens with one attached hydrogen (secondary N) is 1. The highest BCUT2D eigenvalue weighted by atomic mass is 32.2. The first kappa shape index (κ1) is 20.9. The van der Waals surface area contributed by atoms with E-state index in [2.05, 4.69) is 20.5 Å². The molecule has 29 heavy (non-hydrogen) atoms. The Labute approximate surface area is 174 Å². The second-order valence-electron chi connectivity index (χ2n) is 6.45. The normalized spacial score (nSPS) is 11.8. The molecular weight excluding hydrogens is 386 g/mol. The summed E-state index contributed by atoms with van der Waals surface area (Å²) in [6.07, 6.45) is 2.61. The molecule has 152 valence electrons. The summed E-state index contributed by atoms with van der Waals surface area (Å²) >= 11 is 1.35. The Hall–Kier alpha value is -2.87. The van der Waals surface area contributed by atoms with Gasteiger partial charge in [-0.05, 0) is 56.7 Å². The molecule has 0 aliphatic carbocycles. The van der Waals surface area contributed by atoms with Crippen LogP contribution in [0, 0.1) is 0 Å². The number of pyridine rings is 1. The zero-order chi connectivity index (χ0) is 20.6. The lowest BCUT2D eigenvalue weighted by atomic mass is 10.2. The lowest BCUT2D eigenvalue weighted by Gasteiger charge is -2.12. The highest BCUT2D eigenvalue weighted by molar-refractivity contribution is 7.99. The van der Waals surface area contributed by atoms with Crippen LogP contribution in [0.1, 0.15) is 27.2 Å². The van der Waals surface area contributed by atoms with Crippen molar-refractivity contribution >= 4 is 17.7 Å². The first-order valence-electron chi connectivity index (χ1n) is 9.64. The highest BCUT2D eigenvalue weighted by Gasteiger charge is 2.18. The van der Waals surface area contributed by atoms with Crippen molar-refractivity contribution in [1.82, 2.24) is 25.1 Å². The van der Waals surface area contributed by atoms with Crippen LogP contribution in [-0.4, -0.2) is 44.1 Å². The second-order valence-corrected chi connectivity index (χ2v) is 7.39. The number of thioether (sulfide) groups is 1. The summed E-state index contributed by atoms with van der Waals surface area (Å²) in [5.74, 6) is 1.66. The van der Waals surface area contributed by atoms with E-state index in [1.54, 1.807) is 6.20 Å². The summed E-state index contributed by atoms with van der Waals surface area (Å²) in [4.78, 5) is 16.6. The summed E-state index contributed by atoms with van der Waals surface area (Å²) in [5, 5.41) is 12.3. The van der Waals surface area contributed by atoms with E-state index in [0.29, 0.717) is 23.3 Å². The minimum absolute atomic E-state index is 0.0232. The summed E-state index contributed by atoms with van der Waals surface area (Å²) in [6, 6.07) is 13.5. The van der Waals surface area contributed by atoms with E-state index in [0.717, 1.165) is 17.9 Å². The highest BCUT2D eigenvalue weighted by Crippen LogP contribution is 2.28. The van der Waals surface area contributed by atoms with Crippen molar-refractivity contribution in [2.24, 2.45) is 0 Å². The third-order valence-corrected chi connectivity index (χ3v) is 5.21. The zero-order valence-electron chi connectivity index (χ0n) is 16.8. The van der Waals surface area contributed by atoms with E-state index in [1.807, 2.05) is 67.8 Å². The maximum absolute atomic E-state index is 12.2. The average Bonchev–Trinajstić information content (AvgIpc) is 3.17. The van der Waals surface area contributed by atoms with Gasteiger partial charge in [-0.3, -0.25) is 14.3 Å². The quantitative estimate of drug-likeness (QED) is 0.540. The zero-order valence-corrected chi connectivity index (χ0v) is 17.6. The van der Waals surface area contributed by atoms with Crippen LogP contribution in [0.4, 0.5) is 0 Å². The fraction of sp³-hybridized carbons (Fsp3) is 0.333. The topological polar surface area (TPSA) is 81.9 Å². The van der Waals surface area contributed by atoms with Crippen LogP contribution in [-0.2, 0) is 4.79 Å². The van der Waals surface area contributed by atoms with Crippen LogP contribution < -0.4 is 10.1 Å². The Bertz CT molecular complexity index is 928. The maximum atomic E-state index is 12.2. The van der Waals surface area contributed by atoms with Gasteiger partial charge in [0.05, 0.1) is 18.0 Å². The van der Waals surface area contributed by atoms with Crippen LogP contribution in [0.2, 0.25) is 0 Å². The monoisotopic (exact) mass is 411 g/mol. The predicted octanol–water partition coefficient (Wildman–Crippen LogP) is 3.73. The molecule has 0 saturated heterocycles. The van der Waals surface area contributed by atoms with Gasteiger partial charge in [0.25, 0.3) is 0 Å². The minimum Gasteiger partial charge on any atom is -0.494 e. The minimum atomic E-state index is -0.0232. The number of amides is 1. The number of hydrogen-bond donors (Lipinski definition) is 1. The fourth-order valence-corrected chi connectivity index (χ4v) is 3.43. The molecule has 3 rings (SSSR count). The molecule has 1 unspecified atom stereocenters. The van der Waals surface area contributed by atoms with Crippen LogP contribution >= 0.6 is 11.8 Å². The maximum Gasteiger partial charge on any atom is 0.230 e. The molecule has 0 aliphatic rings. The summed E-state index contributed by atoms with van der Waals surface area (Å²) in [7, 11) is 0. The van der Waals surface area contributed by atoms with Gasteiger partial charge in [-0.25, -0.2) is 0 Å². The van der Waals surface area contributed by atoms with Crippen molar-refractivity contribution in [2.75, 3.05) is 12.4 Å². The van der Waals surface area contributed by atoms with Crippen molar-refractivity contribution < 1.29 is 9.53 Å². The van der Waals surface area contributed by atoms with E-state index >= 15 is 0 Å². The van der Waals surface area contributed by atoms with Gasteiger partial charge in [0.15, 0.2) is 11.0 Å². The number of ether oxygens (including phenoxy) is 1. The molecule has 2 heterocycles. The van der Waals surface area contributed by atoms with Crippen LogP contribution in [0.15, 0.2) is 53.8 Å². The first-order chi connectivity index (χ1) is 14.1. The molecule has 1 aromatic carbocycles. The molecule has 1 atom stereocenters. The Morgan fingerprint density at radius 1 is 1.17 bits per heavy atom. The Morgan fingerprint density at radius 2 is 1.97 bits per heavy atom. The van der Waals surface area contributed by atoms with Gasteiger partial charge in [0.2, 0.25) is 5.91 Å². The standard InChI is InChI=1S/C21H25N5O2S/c1-4-15(3)23-19(27)14-29-21-25-24-20(18-8-6-7-13-22-18)26(21)16-9-11-17(12-10-16)28-5-2/h6-13,15H,4-5,14H2,1-3H3,(H,23,27). The molecule has 2 aromatic heterocycles. The molecule has 0 spiro atoms. The van der Waals surface area contributed by atoms with Gasteiger partial charge in [-0.15, -0.1) is 10.2 Å². The molecule has 1 amide bonds. The SMILES string of the molecule is CCOc1ccc(-n2c(SCC(=O)NC(C)CC)nnc2-c2ccccn2)cc1. The molecule has 1 N–H and O–H groups in total. The van der Waals surface area contributed by atoms with Crippen LogP contribution in [0.5, 0.6) is 5.75 Å². The van der Waals surface area contributed by atoms with Gasteiger partial charge in [0, 0.05) is 12.2 Å². The summed E-state index contributed by atoms with van der Waals surface area (Å²) < 4.78 is 7.45. The number of aromatic nitrogens is 4. The molecule has 7 nitrogen and oxygen atoms in total. The molecule has 8 heteroatoms. The molecule has 0 saturated carbocycles. The number of nitrogens with zero attached hydrogens (tertiary/aromatic N) is 4. The van der Waals surface area contributed by atoms with Crippen molar-refractivity contribution in [1.29, 1.82) is 0 Å². The fourth-order valence-electron chi connectivity index (χ4n) is 2.66. The van der Waals surface area contributed by atoms with Crippen molar-refractivity contribution in [2.45, 2.75) is 38.4 Å². The molecular formula is C21H25N5O2S. The Kier molecular flexibility index (Phi) is 7.24. The van der Waals surface area contributed by atoms with Crippen molar-refractivity contribution in [3.8, 4) is 23.0 Å². The van der Waals surface area contributed by atoms with Gasteiger partial charge in [-0.2, -0.15) is 0 Å². The average molecular weight is 412 g/mol. The molecule has 3 aromatic rings. The van der Waals surface area contributed by atoms with Crippen LogP contribution in [0.25, 0.3) is 17.2 Å². The lowest BCUT2D eigenvalue weighted by Crippen LogP contribution is -2.33. The van der Waals surface area contributed by atoms with E-state index in [1.165, 1.54) is 11.8 Å². The van der Waals surface area contributed by atoms with Gasteiger partial charge < -0.3 is 10.1 Å². The number of carbonyl (C=O) groups excluding carboxylic acids is 1. The van der Waals surface area contributed by atoms with Crippen molar-refractivity contribution in [3.63, 3.8) is 0 Å². The third kappa shape index (κ3) is 5.35. The van der Waals surface area contributed by atoms with E-state index in [4.69, 9.17) is 4.74 Å². The smallest absolute Gasteiger partial charge is 0.230 e. The number of rotatable bonds is 9. The molecule has 0 aliphatic heterocycles. The lowest BCUT2D eigenvalue weighted by molar-refractivity contribution is -0.119. The van der Waals surface area contributed by atoms with Gasteiger partial charge in [0.1, 0.15) is 11.4 Å². The largest absolute Gasteiger partial charge is 0.494 e. The third-order valence-electron chi connectivity index (χ3n) is 4.29. The van der Waals surface area contributed by atoms with Gasteiger partial charge >= 0.3 is 0 Å². The molecule has 0 radical (unpaired) electrons. The number of carbonyl (C=O) groups is 1. The van der Waals surface area contributed by atoms with Crippen LogP contribution in [0.3, 0.4) is 0 Å². The molecule has 0 fully saturated rings. The predicted molar refractivity (Wildman–Crippen MR) is 114 cm³/mol. The Morgan fingerprint density at radius 3 is 2.62 bits per heavy atom. The first-order valence-corrected chi connectivity index (χ1v) is 10.6. The second kappa shape index (κ2) is 10.1. The van der Waals surface area contributed by atoms with E-state index in [9.17, 15) is 4.79 Å². The Balaban J connectivity index is 1.90. The summed E-state index contributed by atoms with van der Waals surface area (Å²) in [5.41, 5.74) is 1.59. The number of hydrogen-bond acceptors (Lipinski definition) is 6.